The fourth-order valence-electron chi connectivity index (χ4n) is 3.37. The molecule has 0 radical (unpaired) electrons. The Morgan fingerprint density at radius 3 is 2.90 bits per heavy atom. The zero-order valence-electron chi connectivity index (χ0n) is 16.6. The second kappa shape index (κ2) is 9.90. The quantitative estimate of drug-likeness (QED) is 0.536. The number of nitrogens with zero attached hydrogens (tertiary/aromatic N) is 4. The van der Waals surface area contributed by atoms with E-state index in [1.807, 2.05) is 53.7 Å². The van der Waals surface area contributed by atoms with E-state index in [-0.39, 0.29) is 0 Å². The van der Waals surface area contributed by atoms with E-state index in [2.05, 4.69) is 20.3 Å². The number of aromatic nitrogens is 3. The van der Waals surface area contributed by atoms with Crippen molar-refractivity contribution >= 4 is 28.1 Å². The van der Waals surface area contributed by atoms with Gasteiger partial charge in [-0.05, 0) is 13.0 Å². The van der Waals surface area contributed by atoms with Crippen LogP contribution >= 0.6 is 23.1 Å². The van der Waals surface area contributed by atoms with Gasteiger partial charge in [-0.15, -0.1) is 0 Å². The van der Waals surface area contributed by atoms with Crippen molar-refractivity contribution in [2.24, 2.45) is 0 Å². The number of aliphatic hydroxyl groups is 1. The smallest absolute Gasteiger partial charge is 0.212 e. The lowest BCUT2D eigenvalue weighted by molar-refractivity contribution is 0.0711. The molecule has 156 valence electrons. The molecular formula is C20H27N5O2S2. The van der Waals surface area contributed by atoms with Crippen LogP contribution in [0.4, 0.5) is 0 Å². The molecule has 2 N–H and O–H groups in total. The van der Waals surface area contributed by atoms with Gasteiger partial charge in [-0.25, -0.2) is 9.50 Å². The lowest BCUT2D eigenvalue weighted by Gasteiger charge is -2.28. The van der Waals surface area contributed by atoms with Crippen LogP contribution in [0.5, 0.6) is 5.75 Å². The fraction of sp³-hybridized carbons (Fsp3) is 0.500. The molecule has 4 rings (SSSR count). The van der Waals surface area contributed by atoms with Crippen LogP contribution in [0.1, 0.15) is 16.3 Å². The van der Waals surface area contributed by atoms with Gasteiger partial charge in [0, 0.05) is 49.8 Å². The van der Waals surface area contributed by atoms with Crippen LogP contribution in [-0.4, -0.2) is 68.5 Å². The Hall–Kier alpha value is -1.65. The van der Waals surface area contributed by atoms with Crippen molar-refractivity contribution in [2.75, 3.05) is 37.7 Å². The molecule has 1 atom stereocenters. The van der Waals surface area contributed by atoms with Crippen LogP contribution in [0.3, 0.4) is 0 Å². The first-order chi connectivity index (χ1) is 14.2. The van der Waals surface area contributed by atoms with E-state index in [0.717, 1.165) is 51.6 Å². The summed E-state index contributed by atoms with van der Waals surface area (Å²) in [5, 5.41) is 19.2. The number of imidazole rings is 1. The van der Waals surface area contributed by atoms with Crippen LogP contribution in [0.15, 0.2) is 30.5 Å². The average molecular weight is 434 g/mol. The Morgan fingerprint density at radius 2 is 2.07 bits per heavy atom. The zero-order valence-corrected chi connectivity index (χ0v) is 18.2. The molecule has 0 saturated carbocycles. The van der Waals surface area contributed by atoms with Crippen molar-refractivity contribution in [1.29, 1.82) is 0 Å². The molecule has 7 nitrogen and oxygen atoms in total. The van der Waals surface area contributed by atoms with Gasteiger partial charge in [0.25, 0.3) is 0 Å². The van der Waals surface area contributed by atoms with E-state index in [0.29, 0.717) is 26.2 Å². The Kier molecular flexibility index (Phi) is 7.04. The third-order valence-electron chi connectivity index (χ3n) is 4.79. The number of hydrogen-bond acceptors (Lipinski definition) is 8. The van der Waals surface area contributed by atoms with Gasteiger partial charge in [0.05, 0.1) is 11.9 Å². The second-order valence-electron chi connectivity index (χ2n) is 7.17. The number of nitrogens with one attached hydrogen (secondary N) is 1. The molecule has 0 bridgehead atoms. The molecule has 0 amide bonds. The minimum atomic E-state index is -0.478. The SMILES string of the molecule is Cc1nn2cc(CNCc3ccccc3OCC(O)CN3CCSCC3)nc2s1. The standard InChI is InChI=1S/C20H27N5O2S2/c1-15-23-25-12-17(22-20(25)29-15)11-21-10-16-4-2-3-5-19(16)27-14-18(26)13-24-6-8-28-9-7-24/h2-5,12,18,21,26H,6-11,13-14H2,1H3. The molecule has 1 aromatic carbocycles. The number of hydrogen-bond donors (Lipinski definition) is 2. The normalized spacial score (nSPS) is 16.3. The van der Waals surface area contributed by atoms with Crippen LogP contribution in [0.25, 0.3) is 4.96 Å². The lowest BCUT2D eigenvalue weighted by atomic mass is 10.2. The number of aliphatic hydroxyl groups excluding tert-OH is 1. The van der Waals surface area contributed by atoms with Gasteiger partial charge in [0.2, 0.25) is 4.96 Å². The summed E-state index contributed by atoms with van der Waals surface area (Å²) in [5.41, 5.74) is 2.04. The predicted molar refractivity (Wildman–Crippen MR) is 118 cm³/mol. The molecular weight excluding hydrogens is 406 g/mol. The molecule has 1 saturated heterocycles. The van der Waals surface area contributed by atoms with Crippen LogP contribution < -0.4 is 10.1 Å². The summed E-state index contributed by atoms with van der Waals surface area (Å²) in [6.07, 6.45) is 1.48. The monoisotopic (exact) mass is 433 g/mol. The minimum Gasteiger partial charge on any atom is -0.491 e. The lowest BCUT2D eigenvalue weighted by Crippen LogP contribution is -2.40. The van der Waals surface area contributed by atoms with E-state index in [1.165, 1.54) is 0 Å². The molecule has 1 fully saturated rings. The van der Waals surface area contributed by atoms with E-state index in [4.69, 9.17) is 4.74 Å². The zero-order chi connectivity index (χ0) is 20.1. The van der Waals surface area contributed by atoms with E-state index in [9.17, 15) is 5.11 Å². The first-order valence-corrected chi connectivity index (χ1v) is 11.9. The summed E-state index contributed by atoms with van der Waals surface area (Å²) in [6, 6.07) is 7.98. The average Bonchev–Trinajstić information content (AvgIpc) is 3.25. The molecule has 3 heterocycles. The van der Waals surface area contributed by atoms with Crippen molar-refractivity contribution in [2.45, 2.75) is 26.1 Å². The largest absolute Gasteiger partial charge is 0.491 e. The summed E-state index contributed by atoms with van der Waals surface area (Å²) in [5.74, 6) is 3.11. The number of β-amino-alcohol motifs (C(OH)–C–C–N with tert-alkyl or cyclic N) is 1. The highest BCUT2D eigenvalue weighted by Gasteiger charge is 2.16. The van der Waals surface area contributed by atoms with Gasteiger partial charge >= 0.3 is 0 Å². The van der Waals surface area contributed by atoms with Crippen LogP contribution in [-0.2, 0) is 13.1 Å². The highest BCUT2D eigenvalue weighted by atomic mass is 32.2. The molecule has 2 aromatic heterocycles. The maximum absolute atomic E-state index is 10.3. The summed E-state index contributed by atoms with van der Waals surface area (Å²) in [6.45, 7) is 6.39. The van der Waals surface area contributed by atoms with Crippen molar-refractivity contribution in [3.05, 3.63) is 46.7 Å². The van der Waals surface area contributed by atoms with Crippen molar-refractivity contribution in [1.82, 2.24) is 24.8 Å². The van der Waals surface area contributed by atoms with Gasteiger partial charge in [0.1, 0.15) is 23.5 Å². The summed E-state index contributed by atoms with van der Waals surface area (Å²) < 4.78 is 7.77. The van der Waals surface area contributed by atoms with Crippen molar-refractivity contribution in [3.63, 3.8) is 0 Å². The Balaban J connectivity index is 1.26. The second-order valence-corrected chi connectivity index (χ2v) is 9.55. The molecule has 3 aromatic rings. The van der Waals surface area contributed by atoms with Crippen LogP contribution in [0, 0.1) is 6.92 Å². The highest BCUT2D eigenvalue weighted by Crippen LogP contribution is 2.19. The first kappa shape index (κ1) is 20.6. The molecule has 9 heteroatoms. The number of para-hydroxylation sites is 1. The number of fused-ring (bicyclic) bond motifs is 1. The predicted octanol–water partition coefficient (Wildman–Crippen LogP) is 2.18. The van der Waals surface area contributed by atoms with E-state index < -0.39 is 6.10 Å². The number of rotatable bonds is 9. The fourth-order valence-corrected chi connectivity index (χ4v) is 5.09. The van der Waals surface area contributed by atoms with Gasteiger partial charge in [-0.3, -0.25) is 4.90 Å². The Morgan fingerprint density at radius 1 is 1.24 bits per heavy atom. The van der Waals surface area contributed by atoms with Crippen molar-refractivity contribution in [3.8, 4) is 5.75 Å². The first-order valence-electron chi connectivity index (χ1n) is 9.88. The molecule has 0 spiro atoms. The topological polar surface area (TPSA) is 74.9 Å². The Labute approximate surface area is 179 Å². The summed E-state index contributed by atoms with van der Waals surface area (Å²) in [7, 11) is 0. The number of thioether (sulfide) groups is 1. The summed E-state index contributed by atoms with van der Waals surface area (Å²) in [4.78, 5) is 7.82. The Bertz CT molecular complexity index is 891. The van der Waals surface area contributed by atoms with Gasteiger partial charge < -0.3 is 15.2 Å². The molecule has 1 unspecified atom stereocenters. The third kappa shape index (κ3) is 5.70. The van der Waals surface area contributed by atoms with Crippen LogP contribution in [0.2, 0.25) is 0 Å². The van der Waals surface area contributed by atoms with E-state index >= 15 is 0 Å². The summed E-state index contributed by atoms with van der Waals surface area (Å²) >= 11 is 3.57. The van der Waals surface area contributed by atoms with Gasteiger partial charge in [0.15, 0.2) is 0 Å². The minimum absolute atomic E-state index is 0.309. The maximum Gasteiger partial charge on any atom is 0.212 e. The van der Waals surface area contributed by atoms with E-state index in [1.54, 1.807) is 11.3 Å². The number of benzene rings is 1. The molecule has 0 aliphatic carbocycles. The molecule has 29 heavy (non-hydrogen) atoms. The van der Waals surface area contributed by atoms with Crippen molar-refractivity contribution < 1.29 is 9.84 Å². The van der Waals surface area contributed by atoms with Gasteiger partial charge in [-0.1, -0.05) is 29.5 Å². The number of ether oxygens (including phenoxy) is 1. The molecule has 1 aliphatic heterocycles. The maximum atomic E-state index is 10.3. The number of aryl methyl sites for hydroxylation is 1. The highest BCUT2D eigenvalue weighted by molar-refractivity contribution is 7.99. The third-order valence-corrected chi connectivity index (χ3v) is 6.57. The van der Waals surface area contributed by atoms with Gasteiger partial charge in [-0.2, -0.15) is 16.9 Å². The molecule has 1 aliphatic rings.